The molecule has 0 bridgehead atoms. The molecule has 3 heterocycles. The van der Waals surface area contributed by atoms with Gasteiger partial charge in [0, 0.05) is 47.9 Å². The fraction of sp³-hybridized carbons (Fsp3) is 0.208. The summed E-state index contributed by atoms with van der Waals surface area (Å²) < 4.78 is 3.89. The number of aryl methyl sites for hydroxylation is 3. The van der Waals surface area contributed by atoms with Gasteiger partial charge >= 0.3 is 0 Å². The molecule has 2 aromatic heterocycles. The van der Waals surface area contributed by atoms with Crippen molar-refractivity contribution in [2.45, 2.75) is 19.9 Å². The van der Waals surface area contributed by atoms with Gasteiger partial charge < -0.3 is 9.88 Å². The Kier molecular flexibility index (Phi) is 4.58. The normalized spacial score (nSPS) is 13.5. The number of para-hydroxylation sites is 2. The molecule has 156 valence electrons. The lowest BCUT2D eigenvalue weighted by molar-refractivity contribution is -0.122. The first-order chi connectivity index (χ1) is 15.0. The minimum absolute atomic E-state index is 0.0478. The van der Waals surface area contributed by atoms with Crippen LogP contribution in [0.25, 0.3) is 22.2 Å². The number of fused-ring (bicyclic) bond motifs is 2. The molecule has 1 aliphatic rings. The second kappa shape index (κ2) is 7.43. The number of hydrogen-bond donors (Lipinski definition) is 1. The summed E-state index contributed by atoms with van der Waals surface area (Å²) in [6.07, 6.45) is 2.37. The molecule has 0 saturated heterocycles. The molecule has 0 unspecified atom stereocenters. The van der Waals surface area contributed by atoms with Crippen LogP contribution in [0.4, 0.5) is 11.5 Å². The molecule has 5 rings (SSSR count). The van der Waals surface area contributed by atoms with Gasteiger partial charge in [0.1, 0.15) is 12.4 Å². The molecular weight excluding hydrogens is 390 g/mol. The summed E-state index contributed by atoms with van der Waals surface area (Å²) in [7, 11) is 2.01. The van der Waals surface area contributed by atoms with E-state index in [9.17, 15) is 9.59 Å². The molecule has 7 heteroatoms. The quantitative estimate of drug-likeness (QED) is 0.554. The third-order valence-electron chi connectivity index (χ3n) is 5.77. The molecule has 2 aromatic carbocycles. The Bertz CT molecular complexity index is 1320. The van der Waals surface area contributed by atoms with E-state index in [2.05, 4.69) is 28.2 Å². The van der Waals surface area contributed by atoms with Gasteiger partial charge in [-0.05, 0) is 24.6 Å². The number of nitrogens with one attached hydrogen (secondary N) is 1. The van der Waals surface area contributed by atoms with Gasteiger partial charge in [0.15, 0.2) is 0 Å². The van der Waals surface area contributed by atoms with Crippen molar-refractivity contribution >= 4 is 34.2 Å². The van der Waals surface area contributed by atoms with Gasteiger partial charge in [0.2, 0.25) is 11.8 Å². The number of anilines is 2. The minimum Gasteiger partial charge on any atom is -0.350 e. The number of benzene rings is 2. The van der Waals surface area contributed by atoms with Crippen molar-refractivity contribution in [2.75, 3.05) is 16.8 Å². The molecule has 4 aromatic rings. The Hall–Kier alpha value is -3.87. The van der Waals surface area contributed by atoms with Crippen LogP contribution < -0.4 is 10.2 Å². The average Bonchev–Trinajstić information content (AvgIpc) is 3.34. The molecule has 0 spiro atoms. The maximum Gasteiger partial charge on any atom is 0.244 e. The lowest BCUT2D eigenvalue weighted by Gasteiger charge is -2.27. The highest BCUT2D eigenvalue weighted by molar-refractivity contribution is 6.03. The van der Waals surface area contributed by atoms with Gasteiger partial charge in [-0.25, -0.2) is 4.68 Å². The van der Waals surface area contributed by atoms with E-state index in [0.29, 0.717) is 18.8 Å². The van der Waals surface area contributed by atoms with E-state index < -0.39 is 0 Å². The topological polar surface area (TPSA) is 72.2 Å². The van der Waals surface area contributed by atoms with Gasteiger partial charge in [-0.2, -0.15) is 5.10 Å². The second-order valence-electron chi connectivity index (χ2n) is 7.87. The number of hydrogen-bond acceptors (Lipinski definition) is 3. The number of amides is 2. The number of carbonyl (C=O) groups is 2. The zero-order valence-electron chi connectivity index (χ0n) is 17.5. The molecule has 1 aliphatic heterocycles. The zero-order valence-corrected chi connectivity index (χ0v) is 17.5. The Balaban J connectivity index is 1.46. The third kappa shape index (κ3) is 3.38. The van der Waals surface area contributed by atoms with Crippen LogP contribution in [0.5, 0.6) is 0 Å². The zero-order chi connectivity index (χ0) is 21.5. The summed E-state index contributed by atoms with van der Waals surface area (Å²) in [5.74, 6) is 0.347. The van der Waals surface area contributed by atoms with Crippen LogP contribution in [0.1, 0.15) is 12.0 Å². The number of nitrogens with zero attached hydrogens (tertiary/aromatic N) is 4. The lowest BCUT2D eigenvalue weighted by Crippen LogP contribution is -2.42. The summed E-state index contributed by atoms with van der Waals surface area (Å²) in [6.45, 7) is 2.40. The first-order valence-electron chi connectivity index (χ1n) is 10.3. The summed E-state index contributed by atoms with van der Waals surface area (Å²) in [5, 5.41) is 8.77. The first kappa shape index (κ1) is 19.1. The molecular formula is C24H23N5O2. The van der Waals surface area contributed by atoms with Crippen LogP contribution >= 0.6 is 0 Å². The van der Waals surface area contributed by atoms with Gasteiger partial charge in [-0.1, -0.05) is 36.4 Å². The van der Waals surface area contributed by atoms with Crippen molar-refractivity contribution < 1.29 is 9.59 Å². The SMILES string of the molecule is Cc1ccccc1NC(=O)CN1C(=O)CCn2nc(-c3cn(C)c4ccccc34)cc21. The van der Waals surface area contributed by atoms with Crippen molar-refractivity contribution in [3.05, 3.63) is 66.4 Å². The van der Waals surface area contributed by atoms with Crippen LogP contribution in [0, 0.1) is 6.92 Å². The molecule has 0 fully saturated rings. The van der Waals surface area contributed by atoms with Gasteiger partial charge in [0.25, 0.3) is 0 Å². The first-order valence-corrected chi connectivity index (χ1v) is 10.3. The number of rotatable bonds is 4. The maximum absolute atomic E-state index is 12.7. The minimum atomic E-state index is -0.232. The highest BCUT2D eigenvalue weighted by atomic mass is 16.2. The number of aromatic nitrogens is 3. The van der Waals surface area contributed by atoms with Crippen molar-refractivity contribution in [3.8, 4) is 11.3 Å². The monoisotopic (exact) mass is 413 g/mol. The summed E-state index contributed by atoms with van der Waals surface area (Å²) in [4.78, 5) is 26.9. The summed E-state index contributed by atoms with van der Waals surface area (Å²) in [6, 6.07) is 17.7. The predicted octanol–water partition coefficient (Wildman–Crippen LogP) is 3.73. The Morgan fingerprint density at radius 3 is 2.74 bits per heavy atom. The number of carbonyl (C=O) groups excluding carboxylic acids is 2. The summed E-state index contributed by atoms with van der Waals surface area (Å²) in [5.41, 5.74) is 4.66. The molecule has 31 heavy (non-hydrogen) atoms. The van der Waals surface area contributed by atoms with Crippen LogP contribution in [0.3, 0.4) is 0 Å². The van der Waals surface area contributed by atoms with E-state index in [1.807, 2.05) is 61.1 Å². The standard InChI is InChI=1S/C24H23N5O2/c1-16-7-3-5-9-19(16)25-22(30)15-28-23-13-20(26-29(23)12-11-24(28)31)18-14-27(2)21-10-6-4-8-17(18)21/h3-10,13-14H,11-12,15H2,1-2H3,(H,25,30). The average molecular weight is 413 g/mol. The van der Waals surface area contributed by atoms with Crippen molar-refractivity contribution in [1.82, 2.24) is 14.3 Å². The van der Waals surface area contributed by atoms with Gasteiger partial charge in [-0.15, -0.1) is 0 Å². The third-order valence-corrected chi connectivity index (χ3v) is 5.77. The van der Waals surface area contributed by atoms with Crippen LogP contribution in [0.2, 0.25) is 0 Å². The van der Waals surface area contributed by atoms with E-state index in [-0.39, 0.29) is 18.4 Å². The largest absolute Gasteiger partial charge is 0.350 e. The Labute approximate surface area is 179 Å². The summed E-state index contributed by atoms with van der Waals surface area (Å²) >= 11 is 0. The lowest BCUT2D eigenvalue weighted by atomic mass is 10.1. The predicted molar refractivity (Wildman–Crippen MR) is 121 cm³/mol. The van der Waals surface area contributed by atoms with Crippen molar-refractivity contribution in [1.29, 1.82) is 0 Å². The van der Waals surface area contributed by atoms with Gasteiger partial charge in [0.05, 0.1) is 12.2 Å². The van der Waals surface area contributed by atoms with Crippen LogP contribution in [0.15, 0.2) is 60.8 Å². The van der Waals surface area contributed by atoms with E-state index >= 15 is 0 Å². The Morgan fingerprint density at radius 1 is 1.13 bits per heavy atom. The van der Waals surface area contributed by atoms with Crippen molar-refractivity contribution in [3.63, 3.8) is 0 Å². The molecule has 7 nitrogen and oxygen atoms in total. The van der Waals surface area contributed by atoms with E-state index in [1.54, 1.807) is 0 Å². The van der Waals surface area contributed by atoms with Crippen LogP contribution in [-0.2, 0) is 23.2 Å². The fourth-order valence-corrected chi connectivity index (χ4v) is 4.15. The molecule has 0 atom stereocenters. The maximum atomic E-state index is 12.7. The fourth-order valence-electron chi connectivity index (χ4n) is 4.15. The highest BCUT2D eigenvalue weighted by Crippen LogP contribution is 2.33. The van der Waals surface area contributed by atoms with E-state index in [1.165, 1.54) is 4.90 Å². The van der Waals surface area contributed by atoms with E-state index in [0.717, 1.165) is 33.4 Å². The Morgan fingerprint density at radius 2 is 1.90 bits per heavy atom. The molecule has 0 aliphatic carbocycles. The molecule has 2 amide bonds. The molecule has 0 radical (unpaired) electrons. The van der Waals surface area contributed by atoms with Gasteiger partial charge in [-0.3, -0.25) is 14.5 Å². The molecule has 1 N–H and O–H groups in total. The smallest absolute Gasteiger partial charge is 0.244 e. The molecule has 0 saturated carbocycles. The van der Waals surface area contributed by atoms with Crippen molar-refractivity contribution in [2.24, 2.45) is 7.05 Å². The van der Waals surface area contributed by atoms with Crippen LogP contribution in [-0.4, -0.2) is 32.7 Å². The second-order valence-corrected chi connectivity index (χ2v) is 7.87. The highest BCUT2D eigenvalue weighted by Gasteiger charge is 2.28. The van der Waals surface area contributed by atoms with E-state index in [4.69, 9.17) is 5.10 Å².